The van der Waals surface area contributed by atoms with Gasteiger partial charge in [-0.2, -0.15) is 0 Å². The molecule has 1 atom stereocenters. The molecule has 0 bridgehead atoms. The lowest BCUT2D eigenvalue weighted by atomic mass is 10.2. The summed E-state index contributed by atoms with van der Waals surface area (Å²) in [5.41, 5.74) is 0.158. The fourth-order valence-corrected chi connectivity index (χ4v) is 3.65. The molecule has 7 heteroatoms. The maximum Gasteiger partial charge on any atom is 0.338 e. The molecule has 0 radical (unpaired) electrons. The summed E-state index contributed by atoms with van der Waals surface area (Å²) in [5.74, 6) is -0.560. The van der Waals surface area contributed by atoms with Gasteiger partial charge >= 0.3 is 5.97 Å². The summed E-state index contributed by atoms with van der Waals surface area (Å²) in [6, 6.07) is 4.14. The van der Waals surface area contributed by atoms with Gasteiger partial charge in [-0.1, -0.05) is 13.3 Å². The zero-order valence-electron chi connectivity index (χ0n) is 10.5. The zero-order valence-corrected chi connectivity index (χ0v) is 13.7. The Hall–Kier alpha value is -0.590. The highest BCUT2D eigenvalue weighted by Crippen LogP contribution is 2.26. The number of rotatable bonds is 5. The number of benzene rings is 1. The van der Waals surface area contributed by atoms with Crippen molar-refractivity contribution in [2.24, 2.45) is 0 Å². The van der Waals surface area contributed by atoms with Gasteiger partial charge in [-0.05, 0) is 47.5 Å². The molecule has 0 aliphatic carbocycles. The minimum atomic E-state index is -3.91. The van der Waals surface area contributed by atoms with Crippen LogP contribution in [-0.2, 0) is 13.8 Å². The van der Waals surface area contributed by atoms with Crippen LogP contribution in [0.2, 0.25) is 0 Å². The van der Waals surface area contributed by atoms with Crippen LogP contribution in [0.5, 0.6) is 0 Å². The molecular formula is C12H14BrClO4S. The van der Waals surface area contributed by atoms with E-state index in [1.54, 1.807) is 6.92 Å². The number of halogens is 2. The Kier molecular flexibility index (Phi) is 5.82. The Labute approximate surface area is 125 Å². The Morgan fingerprint density at radius 1 is 1.47 bits per heavy atom. The van der Waals surface area contributed by atoms with Crippen LogP contribution in [0.4, 0.5) is 0 Å². The van der Waals surface area contributed by atoms with Gasteiger partial charge < -0.3 is 4.74 Å². The second-order valence-corrected chi connectivity index (χ2v) is 7.48. The van der Waals surface area contributed by atoms with Crippen molar-refractivity contribution in [1.29, 1.82) is 0 Å². The van der Waals surface area contributed by atoms with E-state index in [1.165, 1.54) is 18.2 Å². The first-order valence-corrected chi connectivity index (χ1v) is 8.81. The molecule has 106 valence electrons. The van der Waals surface area contributed by atoms with Crippen molar-refractivity contribution in [2.75, 3.05) is 0 Å². The van der Waals surface area contributed by atoms with E-state index in [0.717, 1.165) is 12.8 Å². The molecule has 1 unspecified atom stereocenters. The van der Waals surface area contributed by atoms with Crippen LogP contribution >= 0.6 is 26.6 Å². The van der Waals surface area contributed by atoms with Crippen molar-refractivity contribution in [1.82, 2.24) is 0 Å². The summed E-state index contributed by atoms with van der Waals surface area (Å²) in [7, 11) is 1.38. The van der Waals surface area contributed by atoms with Crippen LogP contribution in [0.15, 0.2) is 27.6 Å². The summed E-state index contributed by atoms with van der Waals surface area (Å²) in [5, 5.41) is 0. The summed E-state index contributed by atoms with van der Waals surface area (Å²) in [4.78, 5) is 11.7. The monoisotopic (exact) mass is 368 g/mol. The van der Waals surface area contributed by atoms with Crippen LogP contribution in [-0.4, -0.2) is 20.5 Å². The molecule has 0 N–H and O–H groups in total. The zero-order chi connectivity index (χ0) is 14.6. The predicted octanol–water partition coefficient (Wildman–Crippen LogP) is 3.72. The molecule has 1 aromatic carbocycles. The first-order chi connectivity index (χ1) is 8.75. The predicted molar refractivity (Wildman–Crippen MR) is 77.0 cm³/mol. The highest BCUT2D eigenvalue weighted by Gasteiger charge is 2.19. The van der Waals surface area contributed by atoms with Crippen molar-refractivity contribution in [3.8, 4) is 0 Å². The molecule has 0 saturated carbocycles. The topological polar surface area (TPSA) is 60.4 Å². The van der Waals surface area contributed by atoms with Gasteiger partial charge in [0.25, 0.3) is 9.05 Å². The van der Waals surface area contributed by atoms with Gasteiger partial charge in [0.1, 0.15) is 0 Å². The Morgan fingerprint density at radius 3 is 2.63 bits per heavy atom. The average molecular weight is 370 g/mol. The standard InChI is InChI=1S/C12H14BrClO4S/c1-3-4-8(2)18-12(15)9-5-6-10(13)11(7-9)19(14,16)17/h5-8H,3-4H2,1-2H3. The third-order valence-corrected chi connectivity index (χ3v) is 4.75. The fourth-order valence-electron chi connectivity index (χ4n) is 1.53. The van der Waals surface area contributed by atoms with E-state index in [4.69, 9.17) is 15.4 Å². The van der Waals surface area contributed by atoms with E-state index in [9.17, 15) is 13.2 Å². The molecule has 0 aliphatic rings. The molecule has 0 amide bonds. The second-order valence-electron chi connectivity index (χ2n) is 4.09. The van der Waals surface area contributed by atoms with E-state index < -0.39 is 15.0 Å². The Balaban J connectivity index is 3.00. The summed E-state index contributed by atoms with van der Waals surface area (Å²) in [6.07, 6.45) is 1.44. The van der Waals surface area contributed by atoms with Gasteiger partial charge in [0.05, 0.1) is 16.6 Å². The van der Waals surface area contributed by atoms with Gasteiger partial charge in [-0.3, -0.25) is 0 Å². The maximum absolute atomic E-state index is 11.8. The molecule has 0 spiro atoms. The summed E-state index contributed by atoms with van der Waals surface area (Å²) >= 11 is 3.08. The molecule has 0 saturated heterocycles. The minimum absolute atomic E-state index is 0.147. The van der Waals surface area contributed by atoms with Crippen molar-refractivity contribution >= 4 is 41.6 Å². The van der Waals surface area contributed by atoms with Crippen LogP contribution in [0.3, 0.4) is 0 Å². The first-order valence-electron chi connectivity index (χ1n) is 5.71. The molecule has 4 nitrogen and oxygen atoms in total. The number of hydrogen-bond donors (Lipinski definition) is 0. The lowest BCUT2D eigenvalue weighted by Crippen LogP contribution is -2.15. The van der Waals surface area contributed by atoms with Crippen molar-refractivity contribution in [2.45, 2.75) is 37.7 Å². The van der Waals surface area contributed by atoms with Crippen LogP contribution in [0.1, 0.15) is 37.0 Å². The van der Waals surface area contributed by atoms with E-state index in [1.807, 2.05) is 6.92 Å². The number of hydrogen-bond acceptors (Lipinski definition) is 4. The highest BCUT2D eigenvalue weighted by atomic mass is 79.9. The van der Waals surface area contributed by atoms with Crippen LogP contribution < -0.4 is 0 Å². The Morgan fingerprint density at radius 2 is 2.11 bits per heavy atom. The minimum Gasteiger partial charge on any atom is -0.459 e. The third kappa shape index (κ3) is 4.78. The van der Waals surface area contributed by atoms with E-state index in [-0.39, 0.29) is 16.6 Å². The molecule has 19 heavy (non-hydrogen) atoms. The number of esters is 1. The fraction of sp³-hybridized carbons (Fsp3) is 0.417. The molecule has 1 aromatic rings. The smallest absolute Gasteiger partial charge is 0.338 e. The van der Waals surface area contributed by atoms with Gasteiger partial charge in [0.2, 0.25) is 0 Å². The molecule has 0 aliphatic heterocycles. The van der Waals surface area contributed by atoms with Crippen LogP contribution in [0, 0.1) is 0 Å². The summed E-state index contributed by atoms with van der Waals surface area (Å²) < 4.78 is 28.2. The first kappa shape index (κ1) is 16.5. The number of ether oxygens (including phenoxy) is 1. The maximum atomic E-state index is 11.8. The van der Waals surface area contributed by atoms with Gasteiger partial charge in [-0.25, -0.2) is 13.2 Å². The molecular weight excluding hydrogens is 356 g/mol. The SMILES string of the molecule is CCCC(C)OC(=O)c1ccc(Br)c(S(=O)(=O)Cl)c1. The summed E-state index contributed by atoms with van der Waals surface area (Å²) in [6.45, 7) is 3.78. The van der Waals surface area contributed by atoms with Crippen LogP contribution in [0.25, 0.3) is 0 Å². The van der Waals surface area contributed by atoms with Crippen molar-refractivity contribution in [3.63, 3.8) is 0 Å². The second kappa shape index (κ2) is 6.72. The van der Waals surface area contributed by atoms with Crippen molar-refractivity contribution in [3.05, 3.63) is 28.2 Å². The normalized spacial score (nSPS) is 13.1. The highest BCUT2D eigenvalue weighted by molar-refractivity contribution is 9.10. The molecule has 0 heterocycles. The Bertz CT molecular complexity index is 571. The molecule has 1 rings (SSSR count). The van der Waals surface area contributed by atoms with Gasteiger partial charge in [0, 0.05) is 15.2 Å². The van der Waals surface area contributed by atoms with Crippen molar-refractivity contribution < 1.29 is 17.9 Å². The largest absolute Gasteiger partial charge is 0.459 e. The van der Waals surface area contributed by atoms with E-state index >= 15 is 0 Å². The molecule has 0 fully saturated rings. The number of carbonyl (C=O) groups excluding carboxylic acids is 1. The lowest BCUT2D eigenvalue weighted by molar-refractivity contribution is 0.0323. The van der Waals surface area contributed by atoms with Gasteiger partial charge in [0.15, 0.2) is 0 Å². The quantitative estimate of drug-likeness (QED) is 0.586. The number of carbonyl (C=O) groups is 1. The van der Waals surface area contributed by atoms with Gasteiger partial charge in [-0.15, -0.1) is 0 Å². The third-order valence-electron chi connectivity index (χ3n) is 2.43. The lowest BCUT2D eigenvalue weighted by Gasteiger charge is -2.12. The van der Waals surface area contributed by atoms with E-state index in [0.29, 0.717) is 4.47 Å². The van der Waals surface area contributed by atoms with E-state index in [2.05, 4.69) is 15.9 Å². The molecule has 0 aromatic heterocycles. The average Bonchev–Trinajstić information content (AvgIpc) is 2.27.